The fraction of sp³-hybridized carbons (Fsp3) is 0.500. The first-order valence-corrected chi connectivity index (χ1v) is 6.77. The van der Waals surface area contributed by atoms with Crippen LogP contribution in [0.2, 0.25) is 0 Å². The summed E-state index contributed by atoms with van der Waals surface area (Å²) in [5, 5.41) is 0. The Labute approximate surface area is 105 Å². The lowest BCUT2D eigenvalue weighted by molar-refractivity contribution is 0.220. The fourth-order valence-electron chi connectivity index (χ4n) is 2.89. The molecular weight excluding hydrogens is 206 g/mol. The van der Waals surface area contributed by atoms with Gasteiger partial charge >= 0.3 is 0 Å². The summed E-state index contributed by atoms with van der Waals surface area (Å²) in [4.78, 5) is 2.43. The van der Waals surface area contributed by atoms with Gasteiger partial charge in [0, 0.05) is 5.41 Å². The van der Waals surface area contributed by atoms with E-state index in [9.17, 15) is 0 Å². The van der Waals surface area contributed by atoms with Gasteiger partial charge in [0.2, 0.25) is 0 Å². The van der Waals surface area contributed by atoms with Crippen LogP contribution in [0.25, 0.3) is 6.08 Å². The molecule has 0 unspecified atom stereocenters. The molecule has 0 amide bonds. The predicted molar refractivity (Wildman–Crippen MR) is 75.2 cm³/mol. The second-order valence-electron chi connectivity index (χ2n) is 4.88. The van der Waals surface area contributed by atoms with Crippen molar-refractivity contribution < 1.29 is 0 Å². The van der Waals surface area contributed by atoms with Crippen LogP contribution in [0.4, 0.5) is 0 Å². The van der Waals surface area contributed by atoms with Crippen LogP contribution in [0.1, 0.15) is 37.8 Å². The molecular formula is C16H23N. The van der Waals surface area contributed by atoms with E-state index in [1.165, 1.54) is 31.5 Å². The SMILES string of the molecule is CC.CN1CCC2(C=Cc3ccccc32)CC1. The van der Waals surface area contributed by atoms with Crippen LogP contribution in [0.15, 0.2) is 30.3 Å². The van der Waals surface area contributed by atoms with Gasteiger partial charge in [-0.15, -0.1) is 0 Å². The number of nitrogens with zero attached hydrogens (tertiary/aromatic N) is 1. The lowest BCUT2D eigenvalue weighted by Gasteiger charge is -2.37. The zero-order valence-electron chi connectivity index (χ0n) is 11.2. The number of hydrogen-bond acceptors (Lipinski definition) is 1. The van der Waals surface area contributed by atoms with E-state index in [1.54, 1.807) is 5.56 Å². The largest absolute Gasteiger partial charge is 0.306 e. The Morgan fingerprint density at radius 3 is 2.41 bits per heavy atom. The highest BCUT2D eigenvalue weighted by atomic mass is 15.1. The first kappa shape index (κ1) is 12.4. The summed E-state index contributed by atoms with van der Waals surface area (Å²) in [5.41, 5.74) is 3.35. The van der Waals surface area contributed by atoms with E-state index in [2.05, 4.69) is 48.4 Å². The number of likely N-dealkylation sites (tertiary alicyclic amines) is 1. The zero-order valence-corrected chi connectivity index (χ0v) is 11.2. The summed E-state index contributed by atoms with van der Waals surface area (Å²) in [7, 11) is 2.22. The monoisotopic (exact) mass is 229 g/mol. The topological polar surface area (TPSA) is 3.24 Å². The normalized spacial score (nSPS) is 20.9. The maximum absolute atomic E-state index is 2.44. The average Bonchev–Trinajstić information content (AvgIpc) is 2.76. The second kappa shape index (κ2) is 5.05. The molecule has 3 rings (SSSR count). The van der Waals surface area contributed by atoms with Gasteiger partial charge in [-0.05, 0) is 44.1 Å². The molecule has 0 saturated carbocycles. The van der Waals surface area contributed by atoms with Gasteiger partial charge in [-0.2, -0.15) is 0 Å². The van der Waals surface area contributed by atoms with Gasteiger partial charge in [-0.3, -0.25) is 0 Å². The Morgan fingerprint density at radius 1 is 1.06 bits per heavy atom. The maximum atomic E-state index is 2.44. The van der Waals surface area contributed by atoms with Crippen LogP contribution in [0.5, 0.6) is 0 Å². The van der Waals surface area contributed by atoms with Crippen molar-refractivity contribution in [2.24, 2.45) is 0 Å². The van der Waals surface area contributed by atoms with Gasteiger partial charge in [0.25, 0.3) is 0 Å². The molecule has 2 aliphatic rings. The van der Waals surface area contributed by atoms with Crippen LogP contribution in [-0.2, 0) is 5.41 Å². The number of benzene rings is 1. The Kier molecular flexibility index (Phi) is 3.68. The van der Waals surface area contributed by atoms with E-state index in [1.807, 2.05) is 13.8 Å². The minimum absolute atomic E-state index is 0.364. The van der Waals surface area contributed by atoms with Gasteiger partial charge < -0.3 is 4.90 Å². The molecule has 1 heterocycles. The fourth-order valence-corrected chi connectivity index (χ4v) is 2.89. The van der Waals surface area contributed by atoms with Crippen molar-refractivity contribution in [1.82, 2.24) is 4.90 Å². The van der Waals surface area contributed by atoms with E-state index < -0.39 is 0 Å². The van der Waals surface area contributed by atoms with Gasteiger partial charge in [0.1, 0.15) is 0 Å². The molecule has 0 radical (unpaired) electrons. The van der Waals surface area contributed by atoms with E-state index in [4.69, 9.17) is 0 Å². The van der Waals surface area contributed by atoms with Crippen LogP contribution in [-0.4, -0.2) is 25.0 Å². The third kappa shape index (κ3) is 2.16. The number of rotatable bonds is 0. The molecule has 0 bridgehead atoms. The van der Waals surface area contributed by atoms with Crippen molar-refractivity contribution in [1.29, 1.82) is 0 Å². The minimum Gasteiger partial charge on any atom is -0.306 e. The summed E-state index contributed by atoms with van der Waals surface area (Å²) in [6.45, 7) is 6.44. The minimum atomic E-state index is 0.364. The smallest absolute Gasteiger partial charge is 0.0165 e. The Hall–Kier alpha value is -1.08. The molecule has 0 aromatic heterocycles. The van der Waals surface area contributed by atoms with E-state index >= 15 is 0 Å². The standard InChI is InChI=1S/C14H17N.C2H6/c1-15-10-8-14(9-11-15)7-6-12-4-2-3-5-13(12)14;1-2/h2-7H,8-11H2,1H3;1-2H3. The van der Waals surface area contributed by atoms with E-state index in [0.717, 1.165) is 0 Å². The second-order valence-corrected chi connectivity index (χ2v) is 4.88. The summed E-state index contributed by atoms with van der Waals surface area (Å²) in [5.74, 6) is 0. The highest BCUT2D eigenvalue weighted by Gasteiger charge is 2.36. The third-order valence-electron chi connectivity index (χ3n) is 3.96. The van der Waals surface area contributed by atoms with Crippen LogP contribution < -0.4 is 0 Å². The Morgan fingerprint density at radius 2 is 1.71 bits per heavy atom. The van der Waals surface area contributed by atoms with Crippen LogP contribution >= 0.6 is 0 Å². The molecule has 1 aromatic rings. The summed E-state index contributed by atoms with van der Waals surface area (Å²) in [6.07, 6.45) is 7.29. The van der Waals surface area contributed by atoms with Crippen molar-refractivity contribution in [2.45, 2.75) is 32.1 Å². The molecule has 1 fully saturated rings. The lowest BCUT2D eigenvalue weighted by atomic mass is 9.75. The number of allylic oxidation sites excluding steroid dienone is 1. The molecule has 1 aromatic carbocycles. The molecule has 1 heteroatoms. The van der Waals surface area contributed by atoms with Gasteiger partial charge in [-0.1, -0.05) is 50.3 Å². The van der Waals surface area contributed by atoms with Crippen molar-refractivity contribution in [3.05, 3.63) is 41.5 Å². The molecule has 1 nitrogen and oxygen atoms in total. The predicted octanol–water partition coefficient (Wildman–Crippen LogP) is 3.70. The number of piperidine rings is 1. The summed E-state index contributed by atoms with van der Waals surface area (Å²) >= 11 is 0. The zero-order chi connectivity index (χ0) is 12.3. The first-order chi connectivity index (χ1) is 8.30. The Bertz CT molecular complexity index is 398. The quantitative estimate of drug-likeness (QED) is 0.655. The molecule has 92 valence electrons. The van der Waals surface area contributed by atoms with E-state index in [0.29, 0.717) is 5.41 Å². The van der Waals surface area contributed by atoms with Gasteiger partial charge in [0.05, 0.1) is 0 Å². The third-order valence-corrected chi connectivity index (χ3v) is 3.96. The molecule has 1 spiro atoms. The van der Waals surface area contributed by atoms with Crippen molar-refractivity contribution in [3.8, 4) is 0 Å². The van der Waals surface area contributed by atoms with Crippen LogP contribution in [0.3, 0.4) is 0 Å². The van der Waals surface area contributed by atoms with Crippen molar-refractivity contribution in [3.63, 3.8) is 0 Å². The summed E-state index contributed by atoms with van der Waals surface area (Å²) in [6, 6.07) is 8.85. The summed E-state index contributed by atoms with van der Waals surface area (Å²) < 4.78 is 0. The van der Waals surface area contributed by atoms with Crippen molar-refractivity contribution >= 4 is 6.08 Å². The van der Waals surface area contributed by atoms with E-state index in [-0.39, 0.29) is 0 Å². The lowest BCUT2D eigenvalue weighted by Crippen LogP contribution is -2.38. The molecule has 1 aliphatic carbocycles. The van der Waals surface area contributed by atoms with Gasteiger partial charge in [0.15, 0.2) is 0 Å². The van der Waals surface area contributed by atoms with Gasteiger partial charge in [-0.25, -0.2) is 0 Å². The number of fused-ring (bicyclic) bond motifs is 2. The first-order valence-electron chi connectivity index (χ1n) is 6.77. The van der Waals surface area contributed by atoms with Crippen molar-refractivity contribution in [2.75, 3.05) is 20.1 Å². The van der Waals surface area contributed by atoms with Crippen LogP contribution in [0, 0.1) is 0 Å². The maximum Gasteiger partial charge on any atom is 0.0165 e. The highest BCUT2D eigenvalue weighted by Crippen LogP contribution is 2.43. The Balaban J connectivity index is 0.000000514. The molecule has 1 aliphatic heterocycles. The molecule has 0 atom stereocenters. The molecule has 1 saturated heterocycles. The molecule has 0 N–H and O–H groups in total. The number of hydrogen-bond donors (Lipinski definition) is 0. The highest BCUT2D eigenvalue weighted by molar-refractivity contribution is 5.65. The molecule has 17 heavy (non-hydrogen) atoms. The average molecular weight is 229 g/mol.